The molecule has 2 aromatic heterocycles. The molecule has 1 aliphatic rings. The molecule has 2 heterocycles. The minimum atomic E-state index is -0.787. The number of aromatic nitrogens is 2. The van der Waals surface area contributed by atoms with Gasteiger partial charge in [0.2, 0.25) is 0 Å². The van der Waals surface area contributed by atoms with Crippen molar-refractivity contribution in [3.05, 3.63) is 47.9 Å². The number of primary amides is 1. The molecular weight excluding hydrogens is 399 g/mol. The number of carbonyl (C=O) groups excluding carboxylic acids is 1. The fraction of sp³-hybridized carbons (Fsp3) is 0.318. The second-order valence-electron chi connectivity index (χ2n) is 7.69. The molecule has 162 valence electrons. The molecule has 6 N–H and O–H groups in total. The van der Waals surface area contributed by atoms with Gasteiger partial charge in [-0.3, -0.25) is 9.78 Å². The number of rotatable bonds is 6. The lowest BCUT2D eigenvalue weighted by atomic mass is 9.91. The first-order valence-electron chi connectivity index (χ1n) is 10.2. The summed E-state index contributed by atoms with van der Waals surface area (Å²) in [4.78, 5) is 20.6. The number of benzene rings is 1. The zero-order valence-electron chi connectivity index (χ0n) is 17.2. The molecule has 2 atom stereocenters. The van der Waals surface area contributed by atoms with Crippen molar-refractivity contribution in [3.63, 3.8) is 0 Å². The number of anilines is 3. The standard InChI is InChI=1S/C22H25FN6O2/c1-31-14-6-7-18-12(9-14)8-13(11-26-18)27-21-15(20(25)30)10-16(23)22(29-21)28-19-5-3-2-4-17(19)24/h6-11,17,19H,2-5,24H2,1H3,(H2,25,30)(H2,27,28,29)/t17-,19?/m0/s1. The van der Waals surface area contributed by atoms with Crippen molar-refractivity contribution in [3.8, 4) is 5.75 Å². The van der Waals surface area contributed by atoms with Gasteiger partial charge in [-0.25, -0.2) is 9.37 Å². The molecule has 4 rings (SSSR count). The largest absolute Gasteiger partial charge is 0.497 e. The first-order valence-corrected chi connectivity index (χ1v) is 10.2. The van der Waals surface area contributed by atoms with Gasteiger partial charge in [-0.05, 0) is 43.2 Å². The molecule has 31 heavy (non-hydrogen) atoms. The summed E-state index contributed by atoms with van der Waals surface area (Å²) in [5, 5.41) is 6.98. The first kappa shape index (κ1) is 20.8. The number of carbonyl (C=O) groups is 1. The molecule has 3 aromatic rings. The van der Waals surface area contributed by atoms with Crippen LogP contribution >= 0.6 is 0 Å². The van der Waals surface area contributed by atoms with Gasteiger partial charge in [0.15, 0.2) is 11.6 Å². The van der Waals surface area contributed by atoms with Crippen molar-refractivity contribution >= 4 is 34.1 Å². The number of amides is 1. The van der Waals surface area contributed by atoms with E-state index in [9.17, 15) is 9.18 Å². The van der Waals surface area contributed by atoms with Gasteiger partial charge in [0.25, 0.3) is 5.91 Å². The zero-order valence-corrected chi connectivity index (χ0v) is 17.2. The van der Waals surface area contributed by atoms with E-state index in [2.05, 4.69) is 20.6 Å². The fourth-order valence-electron chi connectivity index (χ4n) is 3.83. The minimum Gasteiger partial charge on any atom is -0.497 e. The highest BCUT2D eigenvalue weighted by atomic mass is 19.1. The molecule has 1 saturated carbocycles. The number of pyridine rings is 2. The summed E-state index contributed by atoms with van der Waals surface area (Å²) in [6.45, 7) is 0. The fourth-order valence-corrected chi connectivity index (χ4v) is 3.83. The minimum absolute atomic E-state index is 0.0327. The monoisotopic (exact) mass is 424 g/mol. The summed E-state index contributed by atoms with van der Waals surface area (Å²) in [5.74, 6) is -0.571. The second kappa shape index (κ2) is 8.73. The highest BCUT2D eigenvalue weighted by molar-refractivity contribution is 5.99. The van der Waals surface area contributed by atoms with E-state index in [0.29, 0.717) is 11.4 Å². The van der Waals surface area contributed by atoms with Crippen LogP contribution < -0.4 is 26.8 Å². The number of ether oxygens (including phenoxy) is 1. The highest BCUT2D eigenvalue weighted by Crippen LogP contribution is 2.28. The molecule has 0 spiro atoms. The Morgan fingerprint density at radius 2 is 2.00 bits per heavy atom. The maximum Gasteiger partial charge on any atom is 0.252 e. The SMILES string of the molecule is COc1ccc2ncc(Nc3nc(NC4CCCC[C@@H]4N)c(F)cc3C(N)=O)cc2c1. The number of nitrogens with one attached hydrogen (secondary N) is 2. The van der Waals surface area contributed by atoms with E-state index in [4.69, 9.17) is 16.2 Å². The molecule has 1 aliphatic carbocycles. The number of nitrogens with two attached hydrogens (primary N) is 2. The Balaban J connectivity index is 1.67. The lowest BCUT2D eigenvalue weighted by Gasteiger charge is -2.30. The summed E-state index contributed by atoms with van der Waals surface area (Å²) in [6.07, 6.45) is 5.38. The van der Waals surface area contributed by atoms with Crippen LogP contribution in [0, 0.1) is 5.82 Å². The lowest BCUT2D eigenvalue weighted by Crippen LogP contribution is -2.43. The predicted octanol–water partition coefficient (Wildman–Crippen LogP) is 3.30. The van der Waals surface area contributed by atoms with Crippen molar-refractivity contribution in [2.75, 3.05) is 17.7 Å². The van der Waals surface area contributed by atoms with Crippen LogP contribution in [0.4, 0.5) is 21.7 Å². The molecule has 1 unspecified atom stereocenters. The maximum atomic E-state index is 14.7. The molecule has 0 saturated heterocycles. The summed E-state index contributed by atoms with van der Waals surface area (Å²) >= 11 is 0. The first-order chi connectivity index (χ1) is 14.9. The van der Waals surface area contributed by atoms with Crippen LogP contribution in [-0.2, 0) is 0 Å². The summed E-state index contributed by atoms with van der Waals surface area (Å²) in [7, 11) is 1.59. The van der Waals surface area contributed by atoms with E-state index >= 15 is 0 Å². The molecule has 8 nitrogen and oxygen atoms in total. The Labute approximate surface area is 179 Å². The Morgan fingerprint density at radius 3 is 2.74 bits per heavy atom. The zero-order chi connectivity index (χ0) is 22.0. The predicted molar refractivity (Wildman–Crippen MR) is 118 cm³/mol. The van der Waals surface area contributed by atoms with Crippen molar-refractivity contribution in [1.82, 2.24) is 9.97 Å². The van der Waals surface area contributed by atoms with Crippen LogP contribution in [0.1, 0.15) is 36.0 Å². The summed E-state index contributed by atoms with van der Waals surface area (Å²) in [5.41, 5.74) is 12.9. The highest BCUT2D eigenvalue weighted by Gasteiger charge is 2.24. The van der Waals surface area contributed by atoms with Gasteiger partial charge in [-0.15, -0.1) is 0 Å². The molecular formula is C22H25FN6O2. The Morgan fingerprint density at radius 1 is 1.19 bits per heavy atom. The van der Waals surface area contributed by atoms with Crippen molar-refractivity contribution < 1.29 is 13.9 Å². The van der Waals surface area contributed by atoms with Crippen molar-refractivity contribution in [1.29, 1.82) is 0 Å². The van der Waals surface area contributed by atoms with E-state index < -0.39 is 11.7 Å². The van der Waals surface area contributed by atoms with Crippen LogP contribution in [0.25, 0.3) is 10.9 Å². The van der Waals surface area contributed by atoms with Gasteiger partial charge in [0.1, 0.15) is 11.6 Å². The van der Waals surface area contributed by atoms with Crippen molar-refractivity contribution in [2.24, 2.45) is 11.5 Å². The van der Waals surface area contributed by atoms with Gasteiger partial charge in [0, 0.05) is 17.5 Å². The third-order valence-electron chi connectivity index (χ3n) is 5.53. The van der Waals surface area contributed by atoms with Crippen molar-refractivity contribution in [2.45, 2.75) is 37.8 Å². The van der Waals surface area contributed by atoms with Crippen LogP contribution in [0.3, 0.4) is 0 Å². The third kappa shape index (κ3) is 4.51. The molecule has 0 aliphatic heterocycles. The number of nitrogens with zero attached hydrogens (tertiary/aromatic N) is 2. The Hall–Kier alpha value is -3.46. The average molecular weight is 424 g/mol. The molecule has 0 radical (unpaired) electrons. The van der Waals surface area contributed by atoms with Crippen LogP contribution in [0.2, 0.25) is 0 Å². The second-order valence-corrected chi connectivity index (χ2v) is 7.69. The molecule has 9 heteroatoms. The Kier molecular flexibility index (Phi) is 5.85. The van der Waals surface area contributed by atoms with E-state index in [-0.39, 0.29) is 29.3 Å². The van der Waals surface area contributed by atoms with E-state index in [0.717, 1.165) is 42.7 Å². The molecule has 1 fully saturated rings. The van der Waals surface area contributed by atoms with Crippen LogP contribution in [0.15, 0.2) is 36.5 Å². The third-order valence-corrected chi connectivity index (χ3v) is 5.53. The normalized spacial score (nSPS) is 18.5. The van der Waals surface area contributed by atoms with Gasteiger partial charge < -0.3 is 26.8 Å². The maximum absolute atomic E-state index is 14.7. The van der Waals surface area contributed by atoms with Gasteiger partial charge in [0.05, 0.1) is 30.1 Å². The topological polar surface area (TPSA) is 128 Å². The summed E-state index contributed by atoms with van der Waals surface area (Å²) < 4.78 is 19.9. The smallest absolute Gasteiger partial charge is 0.252 e. The number of methoxy groups -OCH3 is 1. The van der Waals surface area contributed by atoms with E-state index in [1.807, 2.05) is 24.3 Å². The van der Waals surface area contributed by atoms with E-state index in [1.165, 1.54) is 0 Å². The number of hydrogen-bond acceptors (Lipinski definition) is 7. The average Bonchev–Trinajstić information content (AvgIpc) is 2.76. The number of fused-ring (bicyclic) bond motifs is 1. The van der Waals surface area contributed by atoms with Gasteiger partial charge in [-0.1, -0.05) is 12.8 Å². The van der Waals surface area contributed by atoms with Crippen LogP contribution in [-0.4, -0.2) is 35.1 Å². The molecule has 1 amide bonds. The molecule has 1 aromatic carbocycles. The quantitative estimate of drug-likeness (QED) is 0.478. The van der Waals surface area contributed by atoms with Gasteiger partial charge >= 0.3 is 0 Å². The van der Waals surface area contributed by atoms with Crippen LogP contribution in [0.5, 0.6) is 5.75 Å². The Bertz CT molecular complexity index is 1120. The lowest BCUT2D eigenvalue weighted by molar-refractivity contribution is 0.100. The molecule has 0 bridgehead atoms. The summed E-state index contributed by atoms with van der Waals surface area (Å²) in [6, 6.07) is 8.27. The number of hydrogen-bond donors (Lipinski definition) is 4. The van der Waals surface area contributed by atoms with E-state index in [1.54, 1.807) is 13.3 Å². The number of halogens is 1. The van der Waals surface area contributed by atoms with Gasteiger partial charge in [-0.2, -0.15) is 0 Å².